The zero-order valence-electron chi connectivity index (χ0n) is 14.9. The predicted molar refractivity (Wildman–Crippen MR) is 99.7 cm³/mol. The summed E-state index contributed by atoms with van der Waals surface area (Å²) >= 11 is 0. The predicted octanol–water partition coefficient (Wildman–Crippen LogP) is 2.01. The monoisotopic (exact) mass is 354 g/mol. The van der Waals surface area contributed by atoms with Crippen molar-refractivity contribution in [3.63, 3.8) is 0 Å². The second-order valence-corrected chi connectivity index (χ2v) is 6.08. The summed E-state index contributed by atoms with van der Waals surface area (Å²) in [6, 6.07) is 10.7. The van der Waals surface area contributed by atoms with E-state index in [2.05, 4.69) is 15.2 Å². The van der Waals surface area contributed by atoms with Crippen molar-refractivity contribution in [2.75, 3.05) is 43.5 Å². The standard InChI is InChI=1S/C19H22N4O3/c1-14(24)22-9-11-23(12-10-22)16-5-8-18(20-13-16)19(25)21-15-3-6-17(26-2)7-4-15/h3-8,13H,9-12H2,1-2H3,(H,21,25). The van der Waals surface area contributed by atoms with Crippen LogP contribution in [0.5, 0.6) is 5.75 Å². The van der Waals surface area contributed by atoms with E-state index in [0.29, 0.717) is 24.5 Å². The summed E-state index contributed by atoms with van der Waals surface area (Å²) < 4.78 is 5.10. The number of methoxy groups -OCH3 is 1. The second-order valence-electron chi connectivity index (χ2n) is 6.08. The third kappa shape index (κ3) is 4.11. The van der Waals surface area contributed by atoms with Crippen LogP contribution in [0.25, 0.3) is 0 Å². The molecule has 1 aliphatic rings. The van der Waals surface area contributed by atoms with Crippen LogP contribution in [0.15, 0.2) is 42.6 Å². The molecule has 1 aromatic carbocycles. The third-order valence-corrected chi connectivity index (χ3v) is 4.42. The maximum absolute atomic E-state index is 12.3. The van der Waals surface area contributed by atoms with Crippen molar-refractivity contribution in [2.45, 2.75) is 6.92 Å². The minimum atomic E-state index is -0.261. The Bertz CT molecular complexity index is 766. The van der Waals surface area contributed by atoms with Crippen molar-refractivity contribution in [3.05, 3.63) is 48.3 Å². The molecule has 1 aliphatic heterocycles. The Morgan fingerprint density at radius 1 is 1.04 bits per heavy atom. The number of benzene rings is 1. The Kier molecular flexibility index (Phi) is 5.36. The Balaban J connectivity index is 1.60. The fourth-order valence-electron chi connectivity index (χ4n) is 2.86. The van der Waals surface area contributed by atoms with Gasteiger partial charge in [0.2, 0.25) is 5.91 Å². The van der Waals surface area contributed by atoms with Crippen molar-refractivity contribution in [1.82, 2.24) is 9.88 Å². The molecule has 1 N–H and O–H groups in total. The normalized spacial score (nSPS) is 14.1. The van der Waals surface area contributed by atoms with Crippen molar-refractivity contribution in [2.24, 2.45) is 0 Å². The number of rotatable bonds is 4. The van der Waals surface area contributed by atoms with Crippen molar-refractivity contribution < 1.29 is 14.3 Å². The number of amides is 2. The van der Waals surface area contributed by atoms with Gasteiger partial charge in [-0.2, -0.15) is 0 Å². The molecule has 136 valence electrons. The van der Waals surface area contributed by atoms with E-state index in [1.165, 1.54) is 0 Å². The van der Waals surface area contributed by atoms with E-state index >= 15 is 0 Å². The molecule has 26 heavy (non-hydrogen) atoms. The van der Waals surface area contributed by atoms with Gasteiger partial charge in [0, 0.05) is 38.8 Å². The van der Waals surface area contributed by atoms with Crippen LogP contribution in [-0.2, 0) is 4.79 Å². The number of pyridine rings is 1. The van der Waals surface area contributed by atoms with Crippen molar-refractivity contribution >= 4 is 23.2 Å². The molecule has 1 aromatic heterocycles. The van der Waals surface area contributed by atoms with Gasteiger partial charge in [0.1, 0.15) is 11.4 Å². The summed E-state index contributed by atoms with van der Waals surface area (Å²) in [6.45, 7) is 4.52. The molecule has 2 heterocycles. The zero-order chi connectivity index (χ0) is 18.5. The molecule has 3 rings (SSSR count). The van der Waals surface area contributed by atoms with Gasteiger partial charge in [-0.1, -0.05) is 0 Å². The van der Waals surface area contributed by atoms with E-state index in [1.54, 1.807) is 50.6 Å². The molecule has 0 atom stereocenters. The molecule has 0 bridgehead atoms. The lowest BCUT2D eigenvalue weighted by Crippen LogP contribution is -2.48. The van der Waals surface area contributed by atoms with Gasteiger partial charge < -0.3 is 19.9 Å². The van der Waals surface area contributed by atoms with Gasteiger partial charge in [-0.15, -0.1) is 0 Å². The summed E-state index contributed by atoms with van der Waals surface area (Å²) in [5, 5.41) is 2.81. The largest absolute Gasteiger partial charge is 0.497 e. The van der Waals surface area contributed by atoms with E-state index < -0.39 is 0 Å². The summed E-state index contributed by atoms with van der Waals surface area (Å²) in [5.41, 5.74) is 1.99. The molecule has 1 fully saturated rings. The maximum Gasteiger partial charge on any atom is 0.274 e. The number of aromatic nitrogens is 1. The first-order valence-electron chi connectivity index (χ1n) is 8.49. The topological polar surface area (TPSA) is 74.8 Å². The highest BCUT2D eigenvalue weighted by Crippen LogP contribution is 2.18. The lowest BCUT2D eigenvalue weighted by atomic mass is 10.2. The van der Waals surface area contributed by atoms with Crippen LogP contribution in [0.1, 0.15) is 17.4 Å². The number of anilines is 2. The number of hydrogen-bond donors (Lipinski definition) is 1. The average molecular weight is 354 g/mol. The lowest BCUT2D eigenvalue weighted by molar-refractivity contribution is -0.129. The summed E-state index contributed by atoms with van der Waals surface area (Å²) in [7, 11) is 1.60. The quantitative estimate of drug-likeness (QED) is 0.909. The number of ether oxygens (including phenoxy) is 1. The molecular weight excluding hydrogens is 332 g/mol. The van der Waals surface area contributed by atoms with E-state index in [4.69, 9.17) is 4.74 Å². The van der Waals surface area contributed by atoms with Gasteiger partial charge >= 0.3 is 0 Å². The highest BCUT2D eigenvalue weighted by atomic mass is 16.5. The molecule has 2 aromatic rings. The van der Waals surface area contributed by atoms with E-state index in [9.17, 15) is 9.59 Å². The Labute approximate surface area is 152 Å². The highest BCUT2D eigenvalue weighted by Gasteiger charge is 2.19. The maximum atomic E-state index is 12.3. The van der Waals surface area contributed by atoms with Gasteiger partial charge in [-0.25, -0.2) is 4.98 Å². The molecule has 2 amide bonds. The Hall–Kier alpha value is -3.09. The van der Waals surface area contributed by atoms with Crippen molar-refractivity contribution in [3.8, 4) is 5.75 Å². The molecule has 0 spiro atoms. The molecule has 1 saturated heterocycles. The second kappa shape index (κ2) is 7.86. The Morgan fingerprint density at radius 2 is 1.73 bits per heavy atom. The highest BCUT2D eigenvalue weighted by molar-refractivity contribution is 6.02. The summed E-state index contributed by atoms with van der Waals surface area (Å²) in [5.74, 6) is 0.576. The van der Waals surface area contributed by atoms with E-state index in [0.717, 1.165) is 24.5 Å². The van der Waals surface area contributed by atoms with Gasteiger partial charge in [0.25, 0.3) is 5.91 Å². The van der Waals surface area contributed by atoms with Crippen LogP contribution in [0.2, 0.25) is 0 Å². The third-order valence-electron chi connectivity index (χ3n) is 4.42. The van der Waals surface area contributed by atoms with Crippen LogP contribution in [-0.4, -0.2) is 55.0 Å². The number of carbonyl (C=O) groups excluding carboxylic acids is 2. The minimum Gasteiger partial charge on any atom is -0.497 e. The van der Waals surface area contributed by atoms with Gasteiger partial charge in [0.15, 0.2) is 0 Å². The summed E-state index contributed by atoms with van der Waals surface area (Å²) in [4.78, 5) is 32.0. The van der Waals surface area contributed by atoms with Crippen LogP contribution in [0.4, 0.5) is 11.4 Å². The average Bonchev–Trinajstić information content (AvgIpc) is 2.69. The number of carbonyl (C=O) groups is 2. The van der Waals surface area contributed by atoms with Crippen LogP contribution >= 0.6 is 0 Å². The van der Waals surface area contributed by atoms with E-state index in [-0.39, 0.29) is 11.8 Å². The molecule has 0 aliphatic carbocycles. The number of piperazine rings is 1. The van der Waals surface area contributed by atoms with Crippen LogP contribution in [0.3, 0.4) is 0 Å². The minimum absolute atomic E-state index is 0.105. The smallest absolute Gasteiger partial charge is 0.274 e. The molecule has 0 saturated carbocycles. The first-order chi connectivity index (χ1) is 12.6. The molecule has 7 nitrogen and oxygen atoms in total. The zero-order valence-corrected chi connectivity index (χ0v) is 14.9. The number of hydrogen-bond acceptors (Lipinski definition) is 5. The number of nitrogens with one attached hydrogen (secondary N) is 1. The van der Waals surface area contributed by atoms with E-state index in [1.807, 2.05) is 11.0 Å². The molecule has 0 radical (unpaired) electrons. The Morgan fingerprint density at radius 3 is 2.27 bits per heavy atom. The lowest BCUT2D eigenvalue weighted by Gasteiger charge is -2.35. The number of nitrogens with zero attached hydrogens (tertiary/aromatic N) is 3. The van der Waals surface area contributed by atoms with Gasteiger partial charge in [-0.3, -0.25) is 9.59 Å². The molecule has 7 heteroatoms. The van der Waals surface area contributed by atoms with Crippen molar-refractivity contribution in [1.29, 1.82) is 0 Å². The fourth-order valence-corrected chi connectivity index (χ4v) is 2.86. The van der Waals surface area contributed by atoms with Crippen LogP contribution in [0, 0.1) is 0 Å². The molecule has 0 unspecified atom stereocenters. The first-order valence-corrected chi connectivity index (χ1v) is 8.49. The van der Waals surface area contributed by atoms with Gasteiger partial charge in [0.05, 0.1) is 19.0 Å². The SMILES string of the molecule is COc1ccc(NC(=O)c2ccc(N3CCN(C(C)=O)CC3)cn2)cc1. The van der Waals surface area contributed by atoms with Gasteiger partial charge in [-0.05, 0) is 36.4 Å². The fraction of sp³-hybridized carbons (Fsp3) is 0.316. The first kappa shape index (κ1) is 17.7. The summed E-state index contributed by atoms with van der Waals surface area (Å²) in [6.07, 6.45) is 1.70. The molecular formula is C19H22N4O3. The van der Waals surface area contributed by atoms with Crippen LogP contribution < -0.4 is 15.0 Å².